The molecule has 0 radical (unpaired) electrons. The number of benzene rings is 2. The van der Waals surface area contributed by atoms with Gasteiger partial charge in [0.25, 0.3) is 5.56 Å². The normalized spacial score (nSPS) is 14.4. The molecule has 174 valence electrons. The molecule has 0 aliphatic carbocycles. The first kappa shape index (κ1) is 21.8. The lowest BCUT2D eigenvalue weighted by Gasteiger charge is -2.34. The topological polar surface area (TPSA) is 99.2 Å². The van der Waals surface area contributed by atoms with Gasteiger partial charge < -0.3 is 19.8 Å². The van der Waals surface area contributed by atoms with Crippen molar-refractivity contribution in [3.05, 3.63) is 94.6 Å². The van der Waals surface area contributed by atoms with Gasteiger partial charge in [-0.3, -0.25) is 9.69 Å². The summed E-state index contributed by atoms with van der Waals surface area (Å²) in [6.45, 7) is 4.50. The molecule has 2 amide bonds. The van der Waals surface area contributed by atoms with Gasteiger partial charge in [0.05, 0.1) is 23.8 Å². The number of hydrogen-bond acceptors (Lipinski definition) is 5. The minimum Gasteiger partial charge on any atom is -0.334 e. The zero-order valence-electron chi connectivity index (χ0n) is 18.9. The quantitative estimate of drug-likeness (QED) is 0.463. The van der Waals surface area contributed by atoms with Gasteiger partial charge >= 0.3 is 6.03 Å². The Kier molecular flexibility index (Phi) is 6.35. The van der Waals surface area contributed by atoms with Gasteiger partial charge in [-0.2, -0.15) is 0 Å². The molecular weight excluding hydrogens is 430 g/mol. The van der Waals surface area contributed by atoms with Crippen LogP contribution in [0.1, 0.15) is 17.0 Å². The zero-order valence-corrected chi connectivity index (χ0v) is 18.9. The van der Waals surface area contributed by atoms with Crippen molar-refractivity contribution in [1.82, 2.24) is 34.6 Å². The predicted octanol–water partition coefficient (Wildman–Crippen LogP) is 2.20. The van der Waals surface area contributed by atoms with Crippen LogP contribution in [0.3, 0.4) is 0 Å². The van der Waals surface area contributed by atoms with Gasteiger partial charge in [0.1, 0.15) is 5.82 Å². The lowest BCUT2D eigenvalue weighted by Crippen LogP contribution is -2.51. The molecule has 4 aromatic rings. The first-order valence-electron chi connectivity index (χ1n) is 11.4. The molecule has 0 saturated carbocycles. The summed E-state index contributed by atoms with van der Waals surface area (Å²) in [6.07, 6.45) is 5.49. The van der Waals surface area contributed by atoms with Crippen LogP contribution >= 0.6 is 0 Å². The van der Waals surface area contributed by atoms with Crippen molar-refractivity contribution in [2.45, 2.75) is 19.6 Å². The fourth-order valence-corrected chi connectivity index (χ4v) is 4.25. The zero-order chi connectivity index (χ0) is 23.3. The highest BCUT2D eigenvalue weighted by Crippen LogP contribution is 2.10. The van der Waals surface area contributed by atoms with Crippen LogP contribution in [-0.2, 0) is 19.6 Å². The number of H-pyrrole nitrogens is 1. The number of carbonyl (C=O) groups is 1. The van der Waals surface area contributed by atoms with Gasteiger partial charge in [0, 0.05) is 51.7 Å². The van der Waals surface area contributed by atoms with Gasteiger partial charge in [-0.15, -0.1) is 0 Å². The number of amides is 2. The van der Waals surface area contributed by atoms with Crippen molar-refractivity contribution >= 4 is 16.9 Å². The van der Waals surface area contributed by atoms with Crippen LogP contribution in [0.15, 0.2) is 72.0 Å². The van der Waals surface area contributed by atoms with Crippen LogP contribution in [-0.4, -0.2) is 61.5 Å². The Morgan fingerprint density at radius 3 is 2.65 bits per heavy atom. The molecule has 9 nitrogen and oxygen atoms in total. The average molecular weight is 458 g/mol. The van der Waals surface area contributed by atoms with Crippen molar-refractivity contribution in [2.24, 2.45) is 0 Å². The highest BCUT2D eigenvalue weighted by molar-refractivity contribution is 5.77. The summed E-state index contributed by atoms with van der Waals surface area (Å²) in [5, 5.41) is 3.63. The van der Waals surface area contributed by atoms with Crippen molar-refractivity contribution in [2.75, 3.05) is 26.2 Å². The van der Waals surface area contributed by atoms with Crippen molar-refractivity contribution in [3.63, 3.8) is 0 Å². The van der Waals surface area contributed by atoms with Crippen molar-refractivity contribution in [1.29, 1.82) is 0 Å². The van der Waals surface area contributed by atoms with E-state index in [2.05, 4.69) is 37.3 Å². The van der Waals surface area contributed by atoms with E-state index >= 15 is 0 Å². The molecule has 3 heterocycles. The molecule has 0 atom stereocenters. The summed E-state index contributed by atoms with van der Waals surface area (Å²) in [7, 11) is 0. The molecule has 0 spiro atoms. The first-order valence-corrected chi connectivity index (χ1v) is 11.4. The van der Waals surface area contributed by atoms with Crippen LogP contribution in [0.25, 0.3) is 10.9 Å². The van der Waals surface area contributed by atoms with Crippen molar-refractivity contribution < 1.29 is 4.79 Å². The monoisotopic (exact) mass is 457 g/mol. The van der Waals surface area contributed by atoms with Gasteiger partial charge in [0.2, 0.25) is 0 Å². The second kappa shape index (κ2) is 9.88. The summed E-state index contributed by atoms with van der Waals surface area (Å²) in [5.74, 6) is 0.650. The van der Waals surface area contributed by atoms with E-state index < -0.39 is 0 Å². The molecule has 1 aliphatic rings. The number of fused-ring (bicyclic) bond motifs is 1. The number of piperazine rings is 1. The lowest BCUT2D eigenvalue weighted by atomic mass is 10.1. The van der Waals surface area contributed by atoms with E-state index in [1.807, 2.05) is 46.0 Å². The Morgan fingerprint density at radius 2 is 1.82 bits per heavy atom. The van der Waals surface area contributed by atoms with Crippen molar-refractivity contribution in [3.8, 4) is 0 Å². The van der Waals surface area contributed by atoms with E-state index in [-0.39, 0.29) is 11.6 Å². The maximum Gasteiger partial charge on any atom is 0.317 e. The summed E-state index contributed by atoms with van der Waals surface area (Å²) >= 11 is 0. The van der Waals surface area contributed by atoms with E-state index in [1.165, 1.54) is 5.56 Å². The molecular formula is C25H27N7O2. The molecule has 0 bridgehead atoms. The third-order valence-corrected chi connectivity index (χ3v) is 6.05. The minimum absolute atomic E-state index is 0.0584. The molecule has 2 aromatic heterocycles. The number of nitrogens with zero attached hydrogens (tertiary/aromatic N) is 5. The van der Waals surface area contributed by atoms with E-state index in [4.69, 9.17) is 0 Å². The maximum absolute atomic E-state index is 12.7. The minimum atomic E-state index is -0.118. The molecule has 34 heavy (non-hydrogen) atoms. The summed E-state index contributed by atoms with van der Waals surface area (Å²) in [6, 6.07) is 15.5. The molecule has 1 saturated heterocycles. The van der Waals surface area contributed by atoms with Crippen LogP contribution in [0.5, 0.6) is 0 Å². The average Bonchev–Trinajstić information content (AvgIpc) is 3.36. The highest BCUT2D eigenvalue weighted by atomic mass is 16.2. The SMILES string of the molecule is O=C(NCc1cccc(Cn2ccnc2)c1)N1CCN(Cc2nc3ccccc3c(=O)[nH]2)CC1. The maximum atomic E-state index is 12.7. The van der Waals surface area contributed by atoms with Gasteiger partial charge in [-0.25, -0.2) is 14.8 Å². The number of hydrogen-bond donors (Lipinski definition) is 2. The molecule has 9 heteroatoms. The highest BCUT2D eigenvalue weighted by Gasteiger charge is 2.21. The number of nitrogens with one attached hydrogen (secondary N) is 2. The standard InChI is InChI=1S/C25H27N7O2/c33-24-21-6-1-2-7-22(21)28-23(29-24)17-30-10-12-32(13-11-30)25(34)27-15-19-4-3-5-20(14-19)16-31-9-8-26-18-31/h1-9,14,18H,10-13,15-17H2,(H,27,34)(H,28,29,33). The molecule has 2 aromatic carbocycles. The second-order valence-corrected chi connectivity index (χ2v) is 8.51. The molecule has 0 unspecified atom stereocenters. The predicted molar refractivity (Wildman–Crippen MR) is 129 cm³/mol. The Hall–Kier alpha value is -3.98. The number of aromatic amines is 1. The summed E-state index contributed by atoms with van der Waals surface area (Å²) in [4.78, 5) is 40.6. The Labute approximate surface area is 197 Å². The molecule has 1 aliphatic heterocycles. The Morgan fingerprint density at radius 1 is 1.00 bits per heavy atom. The Balaban J connectivity index is 1.11. The largest absolute Gasteiger partial charge is 0.334 e. The lowest BCUT2D eigenvalue weighted by molar-refractivity contribution is 0.133. The van der Waals surface area contributed by atoms with E-state index in [1.54, 1.807) is 18.6 Å². The van der Waals surface area contributed by atoms with E-state index in [0.717, 1.165) is 25.2 Å². The number of urea groups is 1. The fourth-order valence-electron chi connectivity index (χ4n) is 4.25. The van der Waals surface area contributed by atoms with E-state index in [9.17, 15) is 9.59 Å². The summed E-state index contributed by atoms with van der Waals surface area (Å²) < 4.78 is 2.01. The molecule has 1 fully saturated rings. The van der Waals surface area contributed by atoms with E-state index in [0.29, 0.717) is 42.9 Å². The smallest absolute Gasteiger partial charge is 0.317 e. The third kappa shape index (κ3) is 5.15. The number of rotatable bonds is 6. The van der Waals surface area contributed by atoms with Crippen LogP contribution < -0.4 is 10.9 Å². The fraction of sp³-hybridized carbons (Fsp3) is 0.280. The molecule has 2 N–H and O–H groups in total. The first-order chi connectivity index (χ1) is 16.6. The number of imidazole rings is 1. The second-order valence-electron chi connectivity index (χ2n) is 8.51. The Bertz CT molecular complexity index is 1320. The molecule has 5 rings (SSSR count). The third-order valence-electron chi connectivity index (χ3n) is 6.05. The number of para-hydroxylation sites is 1. The van der Waals surface area contributed by atoms with Crippen LogP contribution in [0.2, 0.25) is 0 Å². The van der Waals surface area contributed by atoms with Gasteiger partial charge in [-0.05, 0) is 23.3 Å². The van der Waals surface area contributed by atoms with Crippen LogP contribution in [0, 0.1) is 0 Å². The number of aromatic nitrogens is 4. The summed E-state index contributed by atoms with van der Waals surface area (Å²) in [5.41, 5.74) is 2.82. The van der Waals surface area contributed by atoms with Gasteiger partial charge in [0.15, 0.2) is 0 Å². The van der Waals surface area contributed by atoms with Crippen LogP contribution in [0.4, 0.5) is 4.79 Å². The van der Waals surface area contributed by atoms with Gasteiger partial charge in [-0.1, -0.05) is 36.4 Å². The number of carbonyl (C=O) groups excluding carboxylic acids is 1.